The van der Waals surface area contributed by atoms with Crippen molar-refractivity contribution in [1.29, 1.82) is 0 Å². The lowest BCUT2D eigenvalue weighted by atomic mass is 10.1. The third kappa shape index (κ3) is 5.58. The Kier molecular flexibility index (Phi) is 7.14. The highest BCUT2D eigenvalue weighted by Crippen LogP contribution is 2.30. The second-order valence-electron chi connectivity index (χ2n) is 9.86. The number of aromatic nitrogens is 5. The zero-order valence-corrected chi connectivity index (χ0v) is 22.0. The van der Waals surface area contributed by atoms with Gasteiger partial charge in [-0.15, -0.1) is 0 Å². The van der Waals surface area contributed by atoms with Crippen LogP contribution in [-0.4, -0.2) is 67.7 Å². The van der Waals surface area contributed by atoms with Gasteiger partial charge in [0, 0.05) is 30.3 Å². The van der Waals surface area contributed by atoms with Crippen LogP contribution in [0.15, 0.2) is 73.3 Å². The van der Waals surface area contributed by atoms with Gasteiger partial charge in [-0.25, -0.2) is 14.6 Å². The summed E-state index contributed by atoms with van der Waals surface area (Å²) in [7, 11) is 1.68. The van der Waals surface area contributed by atoms with E-state index in [2.05, 4.69) is 37.7 Å². The van der Waals surface area contributed by atoms with Crippen molar-refractivity contribution in [1.82, 2.24) is 29.2 Å². The molecule has 6 rings (SSSR count). The van der Waals surface area contributed by atoms with Gasteiger partial charge < -0.3 is 19.1 Å². The van der Waals surface area contributed by atoms with Crippen LogP contribution in [0.1, 0.15) is 24.0 Å². The molecule has 1 aliphatic heterocycles. The summed E-state index contributed by atoms with van der Waals surface area (Å²) >= 11 is 0. The molecule has 0 atom stereocenters. The van der Waals surface area contributed by atoms with Crippen LogP contribution in [0.4, 0.5) is 0 Å². The fraction of sp³-hybridized carbons (Fsp3) is 0.300. The second kappa shape index (κ2) is 11.2. The van der Waals surface area contributed by atoms with E-state index in [1.54, 1.807) is 30.3 Å². The predicted octanol–water partition coefficient (Wildman–Crippen LogP) is 4.58. The van der Waals surface area contributed by atoms with Crippen molar-refractivity contribution in [2.75, 3.05) is 33.4 Å². The van der Waals surface area contributed by atoms with Crippen molar-refractivity contribution < 1.29 is 14.6 Å². The van der Waals surface area contributed by atoms with Gasteiger partial charge in [0.25, 0.3) is 0 Å². The molecular formula is C30H32N6O3. The van der Waals surface area contributed by atoms with Crippen LogP contribution < -0.4 is 9.47 Å². The number of benzene rings is 3. The van der Waals surface area contributed by atoms with E-state index in [-0.39, 0.29) is 5.75 Å². The fourth-order valence-corrected chi connectivity index (χ4v) is 5.19. The molecule has 3 aromatic carbocycles. The van der Waals surface area contributed by atoms with Crippen LogP contribution >= 0.6 is 0 Å². The molecule has 9 heteroatoms. The van der Waals surface area contributed by atoms with Gasteiger partial charge in [0.2, 0.25) is 0 Å². The molecule has 0 amide bonds. The summed E-state index contributed by atoms with van der Waals surface area (Å²) < 4.78 is 15.7. The van der Waals surface area contributed by atoms with Crippen molar-refractivity contribution in [2.45, 2.75) is 25.9 Å². The Hall–Kier alpha value is -4.37. The number of imidazole rings is 1. The van der Waals surface area contributed by atoms with Crippen LogP contribution in [0.3, 0.4) is 0 Å². The van der Waals surface area contributed by atoms with E-state index in [0.29, 0.717) is 19.7 Å². The van der Waals surface area contributed by atoms with Gasteiger partial charge in [-0.05, 0) is 74.0 Å². The molecule has 0 bridgehead atoms. The number of ether oxygens (including phenoxy) is 2. The lowest BCUT2D eigenvalue weighted by molar-refractivity contribution is 0.238. The first-order chi connectivity index (χ1) is 19.2. The number of rotatable bonds is 10. The van der Waals surface area contributed by atoms with Crippen molar-refractivity contribution in [2.24, 2.45) is 0 Å². The minimum Gasteiger partial charge on any atom is -0.508 e. The van der Waals surface area contributed by atoms with Gasteiger partial charge in [-0.1, -0.05) is 12.1 Å². The molecule has 1 fully saturated rings. The van der Waals surface area contributed by atoms with Crippen LogP contribution in [0.25, 0.3) is 22.4 Å². The van der Waals surface area contributed by atoms with E-state index >= 15 is 0 Å². The number of phenols is 1. The minimum atomic E-state index is 0.194. The number of phenolic OH excluding ortho intramolecular Hbond substituents is 1. The number of likely N-dealkylation sites (tertiary alicyclic amines) is 1. The average Bonchev–Trinajstić information content (AvgIpc) is 3.72. The molecule has 5 aromatic rings. The Morgan fingerprint density at radius 3 is 2.56 bits per heavy atom. The monoisotopic (exact) mass is 524 g/mol. The molecule has 0 spiro atoms. The van der Waals surface area contributed by atoms with E-state index < -0.39 is 0 Å². The molecule has 1 aliphatic rings. The third-order valence-corrected chi connectivity index (χ3v) is 7.21. The zero-order valence-electron chi connectivity index (χ0n) is 22.0. The highest BCUT2D eigenvalue weighted by molar-refractivity contribution is 5.82. The topological polar surface area (TPSA) is 90.5 Å². The van der Waals surface area contributed by atoms with Gasteiger partial charge in [-0.3, -0.25) is 4.90 Å². The Bertz CT molecular complexity index is 1540. The Morgan fingerprint density at radius 1 is 0.949 bits per heavy atom. The highest BCUT2D eigenvalue weighted by Gasteiger charge is 2.16. The normalized spacial score (nSPS) is 13.8. The van der Waals surface area contributed by atoms with Crippen LogP contribution in [-0.2, 0) is 13.1 Å². The number of nitrogens with zero attached hydrogens (tertiary/aromatic N) is 6. The standard InChI is InChI=1S/C30H32N6O3/c1-38-29-16-22(4-5-24(29)19-35-21-31-20-32-35)18-36-28-11-8-25(37)17-27(28)33-30(36)23-6-9-26(10-7-23)39-15-14-34-12-2-3-13-34/h4-11,16-17,20-21,37H,2-3,12-15,18-19H2,1H3. The van der Waals surface area contributed by atoms with Crippen molar-refractivity contribution >= 4 is 11.0 Å². The fourth-order valence-electron chi connectivity index (χ4n) is 5.19. The molecule has 39 heavy (non-hydrogen) atoms. The molecule has 1 N–H and O–H groups in total. The zero-order chi connectivity index (χ0) is 26.6. The summed E-state index contributed by atoms with van der Waals surface area (Å²) in [6.45, 7) is 5.15. The lowest BCUT2D eigenvalue weighted by Gasteiger charge is -2.15. The summed E-state index contributed by atoms with van der Waals surface area (Å²) in [6, 6.07) is 19.6. The maximum Gasteiger partial charge on any atom is 0.141 e. The molecule has 200 valence electrons. The molecule has 9 nitrogen and oxygen atoms in total. The van der Waals surface area contributed by atoms with Crippen molar-refractivity contribution in [3.05, 3.63) is 84.4 Å². The smallest absolute Gasteiger partial charge is 0.141 e. The van der Waals surface area contributed by atoms with Gasteiger partial charge in [0.15, 0.2) is 0 Å². The average molecular weight is 525 g/mol. The molecule has 1 saturated heterocycles. The molecular weight excluding hydrogens is 492 g/mol. The molecule has 0 radical (unpaired) electrons. The summed E-state index contributed by atoms with van der Waals surface area (Å²) in [4.78, 5) is 11.4. The molecule has 0 saturated carbocycles. The van der Waals surface area contributed by atoms with Crippen molar-refractivity contribution in [3.8, 4) is 28.6 Å². The number of methoxy groups -OCH3 is 1. The van der Waals surface area contributed by atoms with E-state index in [0.717, 1.165) is 51.6 Å². The van der Waals surface area contributed by atoms with E-state index in [9.17, 15) is 5.11 Å². The summed E-state index contributed by atoms with van der Waals surface area (Å²) in [5.74, 6) is 2.66. The van der Waals surface area contributed by atoms with Gasteiger partial charge in [-0.2, -0.15) is 5.10 Å². The first kappa shape index (κ1) is 24.9. The van der Waals surface area contributed by atoms with Gasteiger partial charge in [0.1, 0.15) is 42.3 Å². The van der Waals surface area contributed by atoms with Crippen LogP contribution in [0.2, 0.25) is 0 Å². The summed E-state index contributed by atoms with van der Waals surface area (Å²) in [5, 5.41) is 14.3. The Morgan fingerprint density at radius 2 is 1.79 bits per heavy atom. The number of fused-ring (bicyclic) bond motifs is 1. The second-order valence-corrected chi connectivity index (χ2v) is 9.86. The van der Waals surface area contributed by atoms with Gasteiger partial charge in [0.05, 0.1) is 24.7 Å². The van der Waals surface area contributed by atoms with Crippen LogP contribution in [0, 0.1) is 0 Å². The van der Waals surface area contributed by atoms with E-state index in [4.69, 9.17) is 14.5 Å². The minimum absolute atomic E-state index is 0.194. The lowest BCUT2D eigenvalue weighted by Crippen LogP contribution is -2.25. The largest absolute Gasteiger partial charge is 0.508 e. The SMILES string of the molecule is COc1cc(Cn2c(-c3ccc(OCCN4CCCC4)cc3)nc3cc(O)ccc32)ccc1Cn1cncn1. The maximum atomic E-state index is 10.1. The summed E-state index contributed by atoms with van der Waals surface area (Å²) in [6.07, 6.45) is 5.79. The molecule has 0 aliphatic carbocycles. The predicted molar refractivity (Wildman–Crippen MR) is 149 cm³/mol. The first-order valence-corrected chi connectivity index (χ1v) is 13.3. The maximum absolute atomic E-state index is 10.1. The van der Waals surface area contributed by atoms with Gasteiger partial charge >= 0.3 is 0 Å². The first-order valence-electron chi connectivity index (χ1n) is 13.3. The van der Waals surface area contributed by atoms with E-state index in [1.165, 1.54) is 32.3 Å². The number of hydrogen-bond donors (Lipinski definition) is 1. The van der Waals surface area contributed by atoms with Crippen LogP contribution in [0.5, 0.6) is 17.2 Å². The molecule has 3 heterocycles. The number of aromatic hydroxyl groups is 1. The number of hydrogen-bond acceptors (Lipinski definition) is 7. The van der Waals surface area contributed by atoms with Crippen molar-refractivity contribution in [3.63, 3.8) is 0 Å². The third-order valence-electron chi connectivity index (χ3n) is 7.21. The highest BCUT2D eigenvalue weighted by atomic mass is 16.5. The Balaban J connectivity index is 1.26. The molecule has 2 aromatic heterocycles. The van der Waals surface area contributed by atoms with E-state index in [1.807, 2.05) is 30.3 Å². The quantitative estimate of drug-likeness (QED) is 0.286. The molecule has 0 unspecified atom stereocenters. The Labute approximate surface area is 227 Å². The summed E-state index contributed by atoms with van der Waals surface area (Å²) in [5.41, 5.74) is 4.76.